The maximum absolute atomic E-state index is 13.1. The smallest absolute Gasteiger partial charge is 0.462 e. The normalized spacial score (nSPS) is 14.0. The van der Waals surface area contributed by atoms with Crippen molar-refractivity contribution in [3.8, 4) is 0 Å². The predicted octanol–water partition coefficient (Wildman–Crippen LogP) is 22.1. The van der Waals surface area contributed by atoms with Crippen molar-refractivity contribution >= 4 is 39.5 Å². The number of hydrogen-bond donors (Lipinski definition) is 3. The molecule has 0 saturated heterocycles. The summed E-state index contributed by atoms with van der Waals surface area (Å²) in [5.41, 5.74) is 0. The molecule has 0 aliphatic carbocycles. The number of aliphatic hydroxyl groups excluding tert-OH is 1. The molecule has 0 aromatic heterocycles. The van der Waals surface area contributed by atoms with Gasteiger partial charge in [0.1, 0.15) is 19.3 Å². The third-order valence-corrected chi connectivity index (χ3v) is 19.4. The number of carbonyl (C=O) groups excluding carboxylic acids is 4. The van der Waals surface area contributed by atoms with E-state index < -0.39 is 97.5 Å². The number of phosphoric acid groups is 2. The van der Waals surface area contributed by atoms with Crippen molar-refractivity contribution in [1.82, 2.24) is 0 Å². The average Bonchev–Trinajstić information content (AvgIpc) is 1.74. The van der Waals surface area contributed by atoms with Gasteiger partial charge >= 0.3 is 39.5 Å². The van der Waals surface area contributed by atoms with Gasteiger partial charge in [-0.15, -0.1) is 0 Å². The van der Waals surface area contributed by atoms with Crippen LogP contribution in [0.2, 0.25) is 0 Å². The van der Waals surface area contributed by atoms with Crippen LogP contribution in [0, 0.1) is 5.92 Å². The Morgan fingerprint density at radius 2 is 0.489 bits per heavy atom. The van der Waals surface area contributed by atoms with Crippen LogP contribution in [0.1, 0.15) is 394 Å². The predicted molar refractivity (Wildman–Crippen MR) is 382 cm³/mol. The van der Waals surface area contributed by atoms with Gasteiger partial charge in [-0.05, 0) is 31.6 Å². The molecule has 0 amide bonds. The summed E-state index contributed by atoms with van der Waals surface area (Å²) in [5, 5.41) is 10.6. The molecule has 0 radical (unpaired) electrons. The highest BCUT2D eigenvalue weighted by Crippen LogP contribution is 2.45. The van der Waals surface area contributed by atoms with Crippen LogP contribution in [0.3, 0.4) is 0 Å². The fourth-order valence-corrected chi connectivity index (χ4v) is 13.1. The molecule has 0 aliphatic rings. The maximum atomic E-state index is 13.1. The van der Waals surface area contributed by atoms with E-state index in [4.69, 9.17) is 37.0 Å². The topological polar surface area (TPSA) is 237 Å². The van der Waals surface area contributed by atoms with Crippen molar-refractivity contribution in [1.29, 1.82) is 0 Å². The molecule has 0 spiro atoms. The van der Waals surface area contributed by atoms with Gasteiger partial charge in [0.25, 0.3) is 0 Å². The maximum Gasteiger partial charge on any atom is 0.472 e. The lowest BCUT2D eigenvalue weighted by atomic mass is 10.0. The molecule has 0 fully saturated rings. The number of rotatable bonds is 75. The molecule has 19 heteroatoms. The third kappa shape index (κ3) is 68.6. The van der Waals surface area contributed by atoms with E-state index in [9.17, 15) is 43.2 Å². The van der Waals surface area contributed by atoms with E-state index >= 15 is 0 Å². The minimum atomic E-state index is -4.95. The van der Waals surface area contributed by atoms with Crippen molar-refractivity contribution in [3.05, 3.63) is 0 Å². The Morgan fingerprint density at radius 3 is 0.723 bits per heavy atom. The van der Waals surface area contributed by atoms with E-state index in [1.807, 2.05) is 0 Å². The minimum Gasteiger partial charge on any atom is -0.462 e. The van der Waals surface area contributed by atoms with Crippen LogP contribution in [-0.4, -0.2) is 96.7 Å². The summed E-state index contributed by atoms with van der Waals surface area (Å²) < 4.78 is 68.4. The third-order valence-electron chi connectivity index (χ3n) is 17.5. The summed E-state index contributed by atoms with van der Waals surface area (Å²) in [6, 6.07) is 0. The molecule has 17 nitrogen and oxygen atoms in total. The Morgan fingerprint density at radius 1 is 0.287 bits per heavy atom. The van der Waals surface area contributed by atoms with Crippen LogP contribution in [0.5, 0.6) is 0 Å². The van der Waals surface area contributed by atoms with Crippen LogP contribution in [0.4, 0.5) is 0 Å². The van der Waals surface area contributed by atoms with Gasteiger partial charge in [0.15, 0.2) is 12.2 Å². The van der Waals surface area contributed by atoms with Crippen LogP contribution in [-0.2, 0) is 65.4 Å². The second kappa shape index (κ2) is 68.2. The van der Waals surface area contributed by atoms with Gasteiger partial charge in [-0.25, -0.2) is 9.13 Å². The lowest BCUT2D eigenvalue weighted by Crippen LogP contribution is -2.30. The number of carbonyl (C=O) groups is 4. The van der Waals surface area contributed by atoms with E-state index in [0.717, 1.165) is 95.8 Å². The van der Waals surface area contributed by atoms with Crippen molar-refractivity contribution in [3.63, 3.8) is 0 Å². The molecular formula is C75H146O17P2. The van der Waals surface area contributed by atoms with Gasteiger partial charge in [-0.2, -0.15) is 0 Å². The Kier molecular flexibility index (Phi) is 66.8. The molecule has 558 valence electrons. The van der Waals surface area contributed by atoms with Crippen LogP contribution < -0.4 is 0 Å². The van der Waals surface area contributed by atoms with E-state index in [0.29, 0.717) is 25.7 Å². The second-order valence-electron chi connectivity index (χ2n) is 27.5. The number of unbranched alkanes of at least 4 members (excludes halogenated alkanes) is 47. The van der Waals surface area contributed by atoms with Gasteiger partial charge in [-0.3, -0.25) is 37.3 Å². The molecule has 0 aliphatic heterocycles. The Balaban J connectivity index is 5.20. The molecule has 0 aromatic rings. The van der Waals surface area contributed by atoms with Crippen molar-refractivity contribution in [2.45, 2.75) is 412 Å². The molecule has 0 bridgehead atoms. The number of hydrogen-bond acceptors (Lipinski definition) is 15. The fourth-order valence-electron chi connectivity index (χ4n) is 11.5. The van der Waals surface area contributed by atoms with Crippen molar-refractivity contribution in [2.24, 2.45) is 5.92 Å². The van der Waals surface area contributed by atoms with E-state index in [1.165, 1.54) is 218 Å². The number of aliphatic hydroxyl groups is 1. The van der Waals surface area contributed by atoms with E-state index in [2.05, 4.69) is 34.6 Å². The second-order valence-corrected chi connectivity index (χ2v) is 30.4. The SMILES string of the molecule is CCCCCCCCCCCCCCCCCCCCCCC(=O)O[C@H](COC(=O)CCCCCCCCCCCCCCC)COP(=O)(O)OC[C@@H](O)COP(=O)(O)OC[C@@H](COC(=O)CCCCCCCCCCCC)OC(=O)CCCCCCCCCCC(C)C. The zero-order valence-corrected chi connectivity index (χ0v) is 62.9. The minimum absolute atomic E-state index is 0.105. The Bertz CT molecular complexity index is 1810. The number of ether oxygens (including phenoxy) is 4. The monoisotopic (exact) mass is 1380 g/mol. The highest BCUT2D eigenvalue weighted by molar-refractivity contribution is 7.47. The summed E-state index contributed by atoms with van der Waals surface area (Å²) in [6.45, 7) is 7.23. The van der Waals surface area contributed by atoms with Gasteiger partial charge in [0.05, 0.1) is 26.4 Å². The first-order valence-corrected chi connectivity index (χ1v) is 42.1. The summed E-state index contributed by atoms with van der Waals surface area (Å²) in [5.74, 6) is -1.40. The van der Waals surface area contributed by atoms with Gasteiger partial charge < -0.3 is 33.8 Å². The Hall–Kier alpha value is -1.94. The zero-order valence-electron chi connectivity index (χ0n) is 61.1. The first kappa shape index (κ1) is 92.1. The van der Waals surface area contributed by atoms with E-state index in [-0.39, 0.29) is 25.7 Å². The highest BCUT2D eigenvalue weighted by atomic mass is 31.2. The fraction of sp³-hybridized carbons (Fsp3) is 0.947. The molecule has 2 unspecified atom stereocenters. The molecule has 0 heterocycles. The molecule has 3 N–H and O–H groups in total. The lowest BCUT2D eigenvalue weighted by Gasteiger charge is -2.21. The van der Waals surface area contributed by atoms with Crippen LogP contribution in [0.15, 0.2) is 0 Å². The Labute approximate surface area is 575 Å². The summed E-state index contributed by atoms with van der Waals surface area (Å²) >= 11 is 0. The summed E-state index contributed by atoms with van der Waals surface area (Å²) in [7, 11) is -9.91. The molecular weight excluding hydrogens is 1230 g/mol. The number of phosphoric ester groups is 2. The first-order valence-electron chi connectivity index (χ1n) is 39.1. The molecule has 0 rings (SSSR count). The quantitative estimate of drug-likeness (QED) is 0.0222. The average molecular weight is 1380 g/mol. The van der Waals surface area contributed by atoms with Gasteiger partial charge in [0.2, 0.25) is 0 Å². The van der Waals surface area contributed by atoms with Crippen LogP contribution >= 0.6 is 15.6 Å². The summed E-state index contributed by atoms with van der Waals surface area (Å²) in [4.78, 5) is 72.7. The molecule has 5 atom stereocenters. The molecule has 0 aromatic carbocycles. The largest absolute Gasteiger partial charge is 0.472 e. The molecule has 94 heavy (non-hydrogen) atoms. The van der Waals surface area contributed by atoms with Gasteiger partial charge in [-0.1, -0.05) is 343 Å². The number of esters is 4. The van der Waals surface area contributed by atoms with Crippen molar-refractivity contribution < 1.29 is 80.2 Å². The van der Waals surface area contributed by atoms with E-state index in [1.54, 1.807) is 0 Å². The van der Waals surface area contributed by atoms with Crippen molar-refractivity contribution in [2.75, 3.05) is 39.6 Å². The van der Waals surface area contributed by atoms with Crippen LogP contribution in [0.25, 0.3) is 0 Å². The highest BCUT2D eigenvalue weighted by Gasteiger charge is 2.30. The summed E-state index contributed by atoms with van der Waals surface area (Å²) in [6.07, 6.45) is 56.9. The zero-order chi connectivity index (χ0) is 69.1. The first-order chi connectivity index (χ1) is 45.5. The molecule has 0 saturated carbocycles. The lowest BCUT2D eigenvalue weighted by molar-refractivity contribution is -0.161. The standard InChI is InChI=1S/C75H146O17P2/c1-6-9-12-15-18-21-24-26-27-28-29-30-31-32-34-36-39-45-50-55-60-74(79)91-70(64-86-73(78)59-54-49-44-38-35-33-25-22-19-16-13-10-7-2)66-89-93(81,82)87-62-69(76)63-88-94(83,84)90-67-71(65-85-72(77)58-53-48-43-37-23-20-17-14-11-8-3)92-75(80)61-56-51-46-41-40-42-47-52-57-68(4)5/h68-71,76H,6-67H2,1-5H3,(H,81,82)(H,83,84)/t69-,70-,71-/m1/s1. The van der Waals surface area contributed by atoms with Gasteiger partial charge in [0, 0.05) is 25.7 Å².